The zero-order chi connectivity index (χ0) is 9.26. The predicted molar refractivity (Wildman–Crippen MR) is 54.8 cm³/mol. The lowest BCUT2D eigenvalue weighted by Crippen LogP contribution is -1.92. The van der Waals surface area contributed by atoms with E-state index in [4.69, 9.17) is 21.1 Å². The van der Waals surface area contributed by atoms with Gasteiger partial charge in [0.2, 0.25) is 6.79 Å². The van der Waals surface area contributed by atoms with Crippen LogP contribution in [0.2, 0.25) is 5.02 Å². The Morgan fingerprint density at radius 1 is 1.38 bits per heavy atom. The molecule has 1 aliphatic heterocycles. The molecule has 1 aliphatic rings. The first-order valence-electron chi connectivity index (χ1n) is 3.88. The van der Waals surface area contributed by atoms with Gasteiger partial charge in [-0.3, -0.25) is 0 Å². The molecule has 2 rings (SSSR count). The van der Waals surface area contributed by atoms with Crippen LogP contribution in [0.25, 0.3) is 0 Å². The minimum atomic E-state index is 0.300. The molecule has 0 unspecified atom stereocenters. The number of hydrogen-bond acceptors (Lipinski definition) is 3. The highest BCUT2D eigenvalue weighted by atomic mass is 35.5. The summed E-state index contributed by atoms with van der Waals surface area (Å²) in [5, 5.41) is 0.749. The number of rotatable bonds is 2. The maximum atomic E-state index is 6.04. The molecule has 13 heavy (non-hydrogen) atoms. The Morgan fingerprint density at radius 2 is 2.08 bits per heavy atom. The van der Waals surface area contributed by atoms with E-state index in [-0.39, 0.29) is 0 Å². The van der Waals surface area contributed by atoms with Crippen LogP contribution in [0.4, 0.5) is 0 Å². The average molecular weight is 217 g/mol. The van der Waals surface area contributed by atoms with Gasteiger partial charge in [-0.25, -0.2) is 0 Å². The third kappa shape index (κ3) is 1.71. The lowest BCUT2D eigenvalue weighted by atomic mass is 10.2. The van der Waals surface area contributed by atoms with Gasteiger partial charge in [0.25, 0.3) is 0 Å². The van der Waals surface area contributed by atoms with Crippen molar-refractivity contribution in [2.75, 3.05) is 13.0 Å². The Labute approximate surface area is 86.2 Å². The summed E-state index contributed by atoms with van der Waals surface area (Å²) in [5.74, 6) is 2.44. The molecular formula is C9H9ClO2S. The highest BCUT2D eigenvalue weighted by Gasteiger charge is 2.15. The lowest BCUT2D eigenvalue weighted by Gasteiger charge is -2.03. The van der Waals surface area contributed by atoms with Crippen molar-refractivity contribution in [1.29, 1.82) is 0 Å². The van der Waals surface area contributed by atoms with E-state index in [9.17, 15) is 0 Å². The predicted octanol–water partition coefficient (Wildman–Crippen LogP) is 2.93. The molecule has 1 aromatic rings. The van der Waals surface area contributed by atoms with Crippen molar-refractivity contribution in [3.05, 3.63) is 22.7 Å². The molecule has 0 fully saturated rings. The smallest absolute Gasteiger partial charge is 0.231 e. The van der Waals surface area contributed by atoms with E-state index in [0.717, 1.165) is 27.8 Å². The van der Waals surface area contributed by atoms with Gasteiger partial charge in [-0.05, 0) is 17.9 Å². The first-order chi connectivity index (χ1) is 6.31. The van der Waals surface area contributed by atoms with Crippen LogP contribution in [0.1, 0.15) is 5.56 Å². The van der Waals surface area contributed by atoms with Gasteiger partial charge in [0.15, 0.2) is 11.5 Å². The Hall–Kier alpha value is -0.540. The second-order valence-electron chi connectivity index (χ2n) is 2.73. The van der Waals surface area contributed by atoms with Gasteiger partial charge < -0.3 is 9.47 Å². The number of halogens is 1. The van der Waals surface area contributed by atoms with Crippen LogP contribution in [-0.4, -0.2) is 13.0 Å². The quantitative estimate of drug-likeness (QED) is 0.758. The molecule has 4 heteroatoms. The maximum absolute atomic E-state index is 6.04. The summed E-state index contributed by atoms with van der Waals surface area (Å²) in [4.78, 5) is 0. The Kier molecular flexibility index (Phi) is 2.56. The van der Waals surface area contributed by atoms with E-state index >= 15 is 0 Å². The van der Waals surface area contributed by atoms with Gasteiger partial charge in [0.05, 0.1) is 0 Å². The normalized spacial score (nSPS) is 13.4. The monoisotopic (exact) mass is 216 g/mol. The molecule has 2 nitrogen and oxygen atoms in total. The summed E-state index contributed by atoms with van der Waals surface area (Å²) in [5.41, 5.74) is 1.10. The zero-order valence-corrected chi connectivity index (χ0v) is 8.74. The molecule has 0 saturated heterocycles. The highest BCUT2D eigenvalue weighted by molar-refractivity contribution is 7.97. The van der Waals surface area contributed by atoms with E-state index in [2.05, 4.69) is 0 Å². The van der Waals surface area contributed by atoms with E-state index in [1.165, 1.54) is 0 Å². The fourth-order valence-corrected chi connectivity index (χ4v) is 2.07. The van der Waals surface area contributed by atoms with Crippen LogP contribution >= 0.6 is 23.4 Å². The van der Waals surface area contributed by atoms with Crippen molar-refractivity contribution < 1.29 is 9.47 Å². The number of benzene rings is 1. The first-order valence-corrected chi connectivity index (χ1v) is 5.65. The molecule has 0 aliphatic carbocycles. The number of ether oxygens (including phenoxy) is 2. The zero-order valence-electron chi connectivity index (χ0n) is 7.17. The Bertz CT molecular complexity index is 328. The van der Waals surface area contributed by atoms with Crippen molar-refractivity contribution in [1.82, 2.24) is 0 Å². The summed E-state index contributed by atoms with van der Waals surface area (Å²) in [6.45, 7) is 0.300. The fraction of sp³-hybridized carbons (Fsp3) is 0.333. The van der Waals surface area contributed by atoms with Gasteiger partial charge in [-0.2, -0.15) is 11.8 Å². The van der Waals surface area contributed by atoms with Crippen LogP contribution in [-0.2, 0) is 5.75 Å². The van der Waals surface area contributed by atoms with E-state index in [1.807, 2.05) is 18.4 Å². The molecule has 0 saturated carbocycles. The average Bonchev–Trinajstić information content (AvgIpc) is 2.52. The molecule has 0 aromatic heterocycles. The Balaban J connectivity index is 2.37. The molecule has 0 spiro atoms. The fourth-order valence-electron chi connectivity index (χ4n) is 1.23. The largest absolute Gasteiger partial charge is 0.454 e. The molecule has 0 amide bonds. The molecule has 0 bridgehead atoms. The third-order valence-corrected chi connectivity index (χ3v) is 2.79. The molecule has 1 aromatic carbocycles. The molecule has 0 radical (unpaired) electrons. The molecule has 1 heterocycles. The van der Waals surface area contributed by atoms with Gasteiger partial charge in [-0.15, -0.1) is 0 Å². The summed E-state index contributed by atoms with van der Waals surface area (Å²) in [6.07, 6.45) is 2.04. The molecule has 0 N–H and O–H groups in total. The summed E-state index contributed by atoms with van der Waals surface area (Å²) in [7, 11) is 0. The minimum Gasteiger partial charge on any atom is -0.454 e. The molecule has 0 atom stereocenters. The van der Waals surface area contributed by atoms with Gasteiger partial charge in [0.1, 0.15) is 0 Å². The first kappa shape index (κ1) is 9.03. The molecule has 70 valence electrons. The van der Waals surface area contributed by atoms with E-state index < -0.39 is 0 Å². The van der Waals surface area contributed by atoms with Crippen LogP contribution in [0, 0.1) is 0 Å². The highest BCUT2D eigenvalue weighted by Crippen LogP contribution is 2.37. The van der Waals surface area contributed by atoms with Crippen LogP contribution < -0.4 is 9.47 Å². The van der Waals surface area contributed by atoms with Crippen LogP contribution in [0.3, 0.4) is 0 Å². The maximum Gasteiger partial charge on any atom is 0.231 e. The van der Waals surface area contributed by atoms with Crippen LogP contribution in [0.15, 0.2) is 12.1 Å². The van der Waals surface area contributed by atoms with Crippen molar-refractivity contribution in [3.63, 3.8) is 0 Å². The van der Waals surface area contributed by atoms with Gasteiger partial charge >= 0.3 is 0 Å². The summed E-state index contributed by atoms with van der Waals surface area (Å²) in [6, 6.07) is 3.76. The van der Waals surface area contributed by atoms with Crippen LogP contribution in [0.5, 0.6) is 11.5 Å². The molecular weight excluding hydrogens is 208 g/mol. The van der Waals surface area contributed by atoms with Gasteiger partial charge in [-0.1, -0.05) is 11.6 Å². The summed E-state index contributed by atoms with van der Waals surface area (Å²) >= 11 is 7.77. The SMILES string of the molecule is CSCc1cc2c(cc1Cl)OCO2. The topological polar surface area (TPSA) is 18.5 Å². The van der Waals surface area contributed by atoms with Crippen molar-refractivity contribution in [2.24, 2.45) is 0 Å². The second kappa shape index (κ2) is 3.68. The minimum absolute atomic E-state index is 0.300. The number of thioether (sulfide) groups is 1. The lowest BCUT2D eigenvalue weighted by molar-refractivity contribution is 0.174. The summed E-state index contributed by atoms with van der Waals surface area (Å²) < 4.78 is 10.4. The second-order valence-corrected chi connectivity index (χ2v) is 4.00. The van der Waals surface area contributed by atoms with Gasteiger partial charge in [0, 0.05) is 16.8 Å². The van der Waals surface area contributed by atoms with Crippen molar-refractivity contribution in [2.45, 2.75) is 5.75 Å². The van der Waals surface area contributed by atoms with Crippen molar-refractivity contribution >= 4 is 23.4 Å². The number of fused-ring (bicyclic) bond motifs is 1. The van der Waals surface area contributed by atoms with E-state index in [0.29, 0.717) is 6.79 Å². The van der Waals surface area contributed by atoms with Crippen molar-refractivity contribution in [3.8, 4) is 11.5 Å². The third-order valence-electron chi connectivity index (χ3n) is 1.84. The standard InChI is InChI=1S/C9H9ClO2S/c1-13-4-6-2-8-9(3-7(6)10)12-5-11-8/h2-3H,4-5H2,1H3. The number of hydrogen-bond donors (Lipinski definition) is 0. The Morgan fingerprint density at radius 3 is 2.77 bits per heavy atom. The van der Waals surface area contributed by atoms with E-state index in [1.54, 1.807) is 11.8 Å².